The zero-order valence-electron chi connectivity index (χ0n) is 13.2. The number of hydrogen-bond donors (Lipinski definition) is 0. The Morgan fingerprint density at radius 3 is 2.91 bits per heavy atom. The van der Waals surface area contributed by atoms with Gasteiger partial charge in [0.1, 0.15) is 5.69 Å². The Kier molecular flexibility index (Phi) is 4.55. The second kappa shape index (κ2) is 6.77. The van der Waals surface area contributed by atoms with Gasteiger partial charge in [0.05, 0.1) is 5.52 Å². The van der Waals surface area contributed by atoms with Crippen molar-refractivity contribution in [2.24, 2.45) is 5.92 Å². The van der Waals surface area contributed by atoms with Crippen LogP contribution in [0.15, 0.2) is 36.4 Å². The lowest BCUT2D eigenvalue weighted by Gasteiger charge is -2.30. The van der Waals surface area contributed by atoms with Crippen molar-refractivity contribution in [1.82, 2.24) is 9.88 Å². The molecule has 1 aromatic heterocycles. The highest BCUT2D eigenvalue weighted by molar-refractivity contribution is 5.92. The highest BCUT2D eigenvalue weighted by Crippen LogP contribution is 2.16. The predicted octanol–water partition coefficient (Wildman–Crippen LogP) is 2.65. The van der Waals surface area contributed by atoms with Gasteiger partial charge in [-0.1, -0.05) is 31.2 Å². The maximum Gasteiger partial charge on any atom is 0.357 e. The average molecular weight is 312 g/mol. The van der Waals surface area contributed by atoms with Crippen LogP contribution in [0.1, 0.15) is 30.3 Å². The van der Waals surface area contributed by atoms with E-state index < -0.39 is 5.97 Å². The summed E-state index contributed by atoms with van der Waals surface area (Å²) in [5.74, 6) is -0.189. The van der Waals surface area contributed by atoms with E-state index in [-0.39, 0.29) is 18.2 Å². The first-order valence-electron chi connectivity index (χ1n) is 7.94. The third-order valence-corrected chi connectivity index (χ3v) is 4.14. The molecule has 1 aromatic carbocycles. The van der Waals surface area contributed by atoms with E-state index in [1.165, 1.54) is 0 Å². The minimum Gasteiger partial charge on any atom is -0.451 e. The van der Waals surface area contributed by atoms with E-state index in [1.54, 1.807) is 11.0 Å². The van der Waals surface area contributed by atoms with Crippen LogP contribution >= 0.6 is 0 Å². The largest absolute Gasteiger partial charge is 0.451 e. The van der Waals surface area contributed by atoms with Crippen LogP contribution in [0.25, 0.3) is 10.9 Å². The first-order chi connectivity index (χ1) is 11.1. The molecule has 1 atom stereocenters. The number of piperidine rings is 1. The standard InChI is InChI=1S/C18H20N2O3/c1-13-5-4-10-20(11-13)17(21)12-23-18(22)16-9-8-14-6-2-3-7-15(14)19-16/h2-3,6-9,13H,4-5,10-12H2,1H3. The summed E-state index contributed by atoms with van der Waals surface area (Å²) in [5.41, 5.74) is 0.960. The average Bonchev–Trinajstić information content (AvgIpc) is 2.59. The molecule has 1 unspecified atom stereocenters. The summed E-state index contributed by atoms with van der Waals surface area (Å²) in [7, 11) is 0. The smallest absolute Gasteiger partial charge is 0.357 e. The SMILES string of the molecule is CC1CCCN(C(=O)COC(=O)c2ccc3ccccc3n2)C1. The van der Waals surface area contributed by atoms with Crippen LogP contribution in [-0.4, -0.2) is 41.5 Å². The summed E-state index contributed by atoms with van der Waals surface area (Å²) in [6, 6.07) is 11.0. The summed E-state index contributed by atoms with van der Waals surface area (Å²) in [6.07, 6.45) is 2.15. The van der Waals surface area contributed by atoms with Gasteiger partial charge in [-0.25, -0.2) is 9.78 Å². The van der Waals surface area contributed by atoms with E-state index in [9.17, 15) is 9.59 Å². The maximum absolute atomic E-state index is 12.1. The third-order valence-electron chi connectivity index (χ3n) is 4.14. The van der Waals surface area contributed by atoms with Crippen molar-refractivity contribution in [3.8, 4) is 0 Å². The number of amides is 1. The van der Waals surface area contributed by atoms with Crippen LogP contribution in [0.3, 0.4) is 0 Å². The Morgan fingerprint density at radius 1 is 1.26 bits per heavy atom. The molecule has 1 saturated heterocycles. The molecule has 0 aliphatic carbocycles. The summed E-state index contributed by atoms with van der Waals surface area (Å²) in [6.45, 7) is 3.39. The van der Waals surface area contributed by atoms with Gasteiger partial charge >= 0.3 is 5.97 Å². The Morgan fingerprint density at radius 2 is 2.09 bits per heavy atom. The van der Waals surface area contributed by atoms with Crippen LogP contribution in [0, 0.1) is 5.92 Å². The summed E-state index contributed by atoms with van der Waals surface area (Å²) >= 11 is 0. The van der Waals surface area contributed by atoms with Gasteiger partial charge in [0.15, 0.2) is 6.61 Å². The van der Waals surface area contributed by atoms with Crippen LogP contribution in [0.4, 0.5) is 0 Å². The molecule has 1 aliphatic heterocycles. The molecule has 23 heavy (non-hydrogen) atoms. The number of esters is 1. The molecule has 0 bridgehead atoms. The predicted molar refractivity (Wildman–Crippen MR) is 87.0 cm³/mol. The zero-order valence-corrected chi connectivity index (χ0v) is 13.2. The molecule has 2 heterocycles. The minimum atomic E-state index is -0.561. The van der Waals surface area contributed by atoms with Crippen LogP contribution in [-0.2, 0) is 9.53 Å². The molecule has 1 aliphatic rings. The van der Waals surface area contributed by atoms with Gasteiger partial charge in [0, 0.05) is 18.5 Å². The van der Waals surface area contributed by atoms with Gasteiger partial charge in [-0.05, 0) is 30.9 Å². The van der Waals surface area contributed by atoms with Crippen LogP contribution < -0.4 is 0 Å². The van der Waals surface area contributed by atoms with Crippen molar-refractivity contribution >= 4 is 22.8 Å². The molecular weight excluding hydrogens is 292 g/mol. The molecule has 1 amide bonds. The molecule has 5 nitrogen and oxygen atoms in total. The van der Waals surface area contributed by atoms with Crippen LogP contribution in [0.5, 0.6) is 0 Å². The monoisotopic (exact) mass is 312 g/mol. The van der Waals surface area contributed by atoms with Gasteiger partial charge < -0.3 is 9.64 Å². The van der Waals surface area contributed by atoms with Crippen LogP contribution in [0.2, 0.25) is 0 Å². The van der Waals surface area contributed by atoms with E-state index in [0.29, 0.717) is 5.92 Å². The fourth-order valence-electron chi connectivity index (χ4n) is 2.89. The second-order valence-corrected chi connectivity index (χ2v) is 6.05. The van der Waals surface area contributed by atoms with Crippen molar-refractivity contribution in [3.05, 3.63) is 42.1 Å². The molecule has 0 radical (unpaired) electrons. The first-order valence-corrected chi connectivity index (χ1v) is 7.94. The quantitative estimate of drug-likeness (QED) is 0.818. The summed E-state index contributed by atoms with van der Waals surface area (Å²) in [4.78, 5) is 30.3. The van der Waals surface area contributed by atoms with Gasteiger partial charge in [0.25, 0.3) is 5.91 Å². The number of pyridine rings is 1. The van der Waals surface area contributed by atoms with Gasteiger partial charge in [-0.2, -0.15) is 0 Å². The number of fused-ring (bicyclic) bond motifs is 1. The van der Waals surface area contributed by atoms with E-state index in [0.717, 1.165) is 36.8 Å². The fourth-order valence-corrected chi connectivity index (χ4v) is 2.89. The van der Waals surface area contributed by atoms with Crippen molar-refractivity contribution in [1.29, 1.82) is 0 Å². The summed E-state index contributed by atoms with van der Waals surface area (Å²) in [5, 5.41) is 0.961. The van der Waals surface area contributed by atoms with Crippen molar-refractivity contribution in [2.45, 2.75) is 19.8 Å². The third kappa shape index (κ3) is 3.67. The fraction of sp³-hybridized carbons (Fsp3) is 0.389. The minimum absolute atomic E-state index is 0.134. The Balaban J connectivity index is 1.60. The molecule has 1 fully saturated rings. The van der Waals surface area contributed by atoms with Gasteiger partial charge in [-0.3, -0.25) is 4.79 Å². The molecule has 0 N–H and O–H groups in total. The van der Waals surface area contributed by atoms with Crippen molar-refractivity contribution < 1.29 is 14.3 Å². The molecule has 0 saturated carbocycles. The number of carbonyl (C=O) groups is 2. The molecular formula is C18H20N2O3. The lowest BCUT2D eigenvalue weighted by atomic mass is 10.0. The zero-order chi connectivity index (χ0) is 16.2. The first kappa shape index (κ1) is 15.5. The number of nitrogens with zero attached hydrogens (tertiary/aromatic N) is 2. The van der Waals surface area contributed by atoms with E-state index in [2.05, 4.69) is 11.9 Å². The highest BCUT2D eigenvalue weighted by atomic mass is 16.5. The lowest BCUT2D eigenvalue weighted by molar-refractivity contribution is -0.136. The Bertz CT molecular complexity index is 729. The number of rotatable bonds is 3. The number of aromatic nitrogens is 1. The number of para-hydroxylation sites is 1. The molecule has 120 valence electrons. The summed E-state index contributed by atoms with van der Waals surface area (Å²) < 4.78 is 5.13. The number of ether oxygens (including phenoxy) is 1. The molecule has 0 spiro atoms. The normalized spacial score (nSPS) is 18.0. The van der Waals surface area contributed by atoms with E-state index in [1.807, 2.05) is 30.3 Å². The topological polar surface area (TPSA) is 59.5 Å². The molecule has 2 aromatic rings. The van der Waals surface area contributed by atoms with Crippen molar-refractivity contribution in [2.75, 3.05) is 19.7 Å². The Hall–Kier alpha value is -2.43. The number of hydrogen-bond acceptors (Lipinski definition) is 4. The Labute approximate surface area is 135 Å². The number of likely N-dealkylation sites (tertiary alicyclic amines) is 1. The van der Waals surface area contributed by atoms with E-state index in [4.69, 9.17) is 4.74 Å². The van der Waals surface area contributed by atoms with Crippen molar-refractivity contribution in [3.63, 3.8) is 0 Å². The molecule has 3 rings (SSSR count). The maximum atomic E-state index is 12.1. The number of carbonyl (C=O) groups excluding carboxylic acids is 2. The lowest BCUT2D eigenvalue weighted by Crippen LogP contribution is -2.41. The van der Waals surface area contributed by atoms with Gasteiger partial charge in [0.2, 0.25) is 0 Å². The van der Waals surface area contributed by atoms with E-state index >= 15 is 0 Å². The van der Waals surface area contributed by atoms with Gasteiger partial charge in [-0.15, -0.1) is 0 Å². The highest BCUT2D eigenvalue weighted by Gasteiger charge is 2.22. The number of benzene rings is 1. The molecule has 5 heteroatoms. The second-order valence-electron chi connectivity index (χ2n) is 6.05.